The average molecular weight is 337 g/mol. The van der Waals surface area contributed by atoms with Crippen molar-refractivity contribution in [2.45, 2.75) is 76.7 Å². The normalized spacial score (nSPS) is 11.3. The lowest BCUT2D eigenvalue weighted by Crippen LogP contribution is -2.18. The minimum absolute atomic E-state index is 1.16. The van der Waals surface area contributed by atoms with E-state index in [4.69, 9.17) is 8.85 Å². The third-order valence-corrected chi connectivity index (χ3v) is 6.46. The second-order valence-corrected chi connectivity index (χ2v) is 8.84. The molecule has 1 aromatic rings. The van der Waals surface area contributed by atoms with Gasteiger partial charge < -0.3 is 8.85 Å². The summed E-state index contributed by atoms with van der Waals surface area (Å²) in [6, 6.07) is 12.0. The maximum absolute atomic E-state index is 5.34. The monoisotopic (exact) mass is 336 g/mol. The third-order valence-electron chi connectivity index (χ3n) is 4.52. The van der Waals surface area contributed by atoms with Crippen LogP contribution in [-0.4, -0.2) is 23.5 Å². The van der Waals surface area contributed by atoms with Crippen LogP contribution in [0.1, 0.15) is 69.8 Å². The van der Waals surface area contributed by atoms with Crippen LogP contribution in [0.2, 0.25) is 6.04 Å². The number of aryl methyl sites for hydroxylation is 1. The van der Waals surface area contributed by atoms with E-state index >= 15 is 0 Å². The zero-order valence-corrected chi connectivity index (χ0v) is 16.4. The highest BCUT2D eigenvalue weighted by Gasteiger charge is 2.07. The number of hydrogen-bond donors (Lipinski definition) is 0. The standard InChI is InChI=1S/C20H36O2Si/c1-21-23(22-2)19-15-10-8-6-4-3-5-7-9-12-16-20-17-13-11-14-18-20/h11,13-14,17-18,23H,3-10,12,15-16,19H2,1-2H3. The van der Waals surface area contributed by atoms with E-state index in [2.05, 4.69) is 30.3 Å². The predicted octanol–water partition coefficient (Wildman–Crippen LogP) is 5.64. The fourth-order valence-electron chi connectivity index (χ4n) is 3.03. The average Bonchev–Trinajstić information content (AvgIpc) is 2.60. The molecule has 0 aliphatic heterocycles. The van der Waals surface area contributed by atoms with E-state index in [0.717, 1.165) is 6.04 Å². The third kappa shape index (κ3) is 11.5. The van der Waals surface area contributed by atoms with Crippen molar-refractivity contribution >= 4 is 9.28 Å². The number of benzene rings is 1. The van der Waals surface area contributed by atoms with Gasteiger partial charge in [-0.15, -0.1) is 0 Å². The lowest BCUT2D eigenvalue weighted by atomic mass is 10.0. The Balaban J connectivity index is 1.78. The fraction of sp³-hybridized carbons (Fsp3) is 0.700. The zero-order valence-electron chi connectivity index (χ0n) is 15.3. The van der Waals surface area contributed by atoms with Crippen molar-refractivity contribution in [2.75, 3.05) is 14.2 Å². The molecule has 0 unspecified atom stereocenters. The van der Waals surface area contributed by atoms with Gasteiger partial charge in [-0.1, -0.05) is 88.1 Å². The molecule has 0 aliphatic carbocycles. The minimum Gasteiger partial charge on any atom is -0.400 e. The highest BCUT2D eigenvalue weighted by Crippen LogP contribution is 2.13. The molecule has 0 radical (unpaired) electrons. The Labute approximate surface area is 145 Å². The molecule has 1 aromatic carbocycles. The zero-order chi connectivity index (χ0) is 16.6. The Morgan fingerprint density at radius 1 is 0.652 bits per heavy atom. The van der Waals surface area contributed by atoms with Gasteiger partial charge in [-0.2, -0.15) is 0 Å². The lowest BCUT2D eigenvalue weighted by molar-refractivity contribution is 0.276. The van der Waals surface area contributed by atoms with Crippen LogP contribution in [0, 0.1) is 0 Å². The summed E-state index contributed by atoms with van der Waals surface area (Å²) in [5.74, 6) is 0. The summed E-state index contributed by atoms with van der Waals surface area (Å²) in [5, 5.41) is 0. The molecule has 0 bridgehead atoms. The molecule has 0 atom stereocenters. The fourth-order valence-corrected chi connectivity index (χ4v) is 4.32. The summed E-state index contributed by atoms with van der Waals surface area (Å²) >= 11 is 0. The summed E-state index contributed by atoms with van der Waals surface area (Å²) in [4.78, 5) is 0. The maximum Gasteiger partial charge on any atom is 0.320 e. The molecule has 0 heterocycles. The smallest absolute Gasteiger partial charge is 0.320 e. The number of unbranched alkanes of at least 4 members (excludes halogenated alkanes) is 9. The largest absolute Gasteiger partial charge is 0.400 e. The van der Waals surface area contributed by atoms with E-state index in [9.17, 15) is 0 Å². The van der Waals surface area contributed by atoms with Crippen LogP contribution in [0.3, 0.4) is 0 Å². The van der Waals surface area contributed by atoms with E-state index in [1.54, 1.807) is 14.2 Å². The van der Waals surface area contributed by atoms with E-state index in [1.165, 1.54) is 76.2 Å². The second kappa shape index (κ2) is 14.9. The van der Waals surface area contributed by atoms with Gasteiger partial charge in [-0.25, -0.2) is 0 Å². The molecule has 0 aromatic heterocycles. The Kier molecular flexibility index (Phi) is 13.2. The predicted molar refractivity (Wildman–Crippen MR) is 102 cm³/mol. The van der Waals surface area contributed by atoms with E-state index in [1.807, 2.05) is 0 Å². The molecule has 0 N–H and O–H groups in total. The molecule has 0 saturated heterocycles. The first kappa shape index (κ1) is 20.4. The molecule has 0 spiro atoms. The van der Waals surface area contributed by atoms with Gasteiger partial charge in [-0.05, 0) is 24.4 Å². The summed E-state index contributed by atoms with van der Waals surface area (Å²) in [5.41, 5.74) is 1.49. The van der Waals surface area contributed by atoms with Crippen molar-refractivity contribution in [3.63, 3.8) is 0 Å². The van der Waals surface area contributed by atoms with Gasteiger partial charge in [0.1, 0.15) is 0 Å². The van der Waals surface area contributed by atoms with Crippen molar-refractivity contribution in [2.24, 2.45) is 0 Å². The maximum atomic E-state index is 5.34. The van der Waals surface area contributed by atoms with Gasteiger partial charge in [0, 0.05) is 14.2 Å². The van der Waals surface area contributed by atoms with Crippen LogP contribution in [0.25, 0.3) is 0 Å². The first-order chi connectivity index (χ1) is 11.4. The van der Waals surface area contributed by atoms with Gasteiger partial charge in [0.15, 0.2) is 0 Å². The molecule has 1 rings (SSSR count). The molecule has 3 heteroatoms. The van der Waals surface area contributed by atoms with Gasteiger partial charge >= 0.3 is 9.28 Å². The summed E-state index contributed by atoms with van der Waals surface area (Å²) in [6.45, 7) is 0. The van der Waals surface area contributed by atoms with Crippen LogP contribution in [0.15, 0.2) is 30.3 Å². The molecule has 132 valence electrons. The van der Waals surface area contributed by atoms with Crippen molar-refractivity contribution in [1.29, 1.82) is 0 Å². The van der Waals surface area contributed by atoms with Crippen molar-refractivity contribution in [3.8, 4) is 0 Å². The number of rotatable bonds is 15. The molecule has 0 aliphatic rings. The van der Waals surface area contributed by atoms with Gasteiger partial charge in [0.05, 0.1) is 0 Å². The first-order valence-corrected chi connectivity index (χ1v) is 11.2. The molecular formula is C20H36O2Si. The highest BCUT2D eigenvalue weighted by atomic mass is 28.3. The van der Waals surface area contributed by atoms with E-state index in [-0.39, 0.29) is 0 Å². The lowest BCUT2D eigenvalue weighted by Gasteiger charge is -2.10. The SMILES string of the molecule is CO[SiH](CCCCCCCCCCCCc1ccccc1)OC. The second-order valence-electron chi connectivity index (χ2n) is 6.46. The Morgan fingerprint density at radius 3 is 1.65 bits per heavy atom. The van der Waals surface area contributed by atoms with Crippen LogP contribution in [0.5, 0.6) is 0 Å². The van der Waals surface area contributed by atoms with E-state index < -0.39 is 9.28 Å². The molecule has 0 fully saturated rings. The van der Waals surface area contributed by atoms with Gasteiger partial charge in [0.2, 0.25) is 0 Å². The molecule has 23 heavy (non-hydrogen) atoms. The Hall–Kier alpha value is -0.643. The Bertz CT molecular complexity index is 352. The molecule has 0 amide bonds. The quantitative estimate of drug-likeness (QED) is 0.305. The number of hydrogen-bond acceptors (Lipinski definition) is 2. The summed E-state index contributed by atoms with van der Waals surface area (Å²) in [7, 11) is 2.26. The van der Waals surface area contributed by atoms with Crippen molar-refractivity contribution in [1.82, 2.24) is 0 Å². The van der Waals surface area contributed by atoms with Crippen LogP contribution >= 0.6 is 0 Å². The van der Waals surface area contributed by atoms with Crippen molar-refractivity contribution < 1.29 is 8.85 Å². The van der Waals surface area contributed by atoms with E-state index in [0.29, 0.717) is 0 Å². The molecular weight excluding hydrogens is 300 g/mol. The Morgan fingerprint density at radius 2 is 1.13 bits per heavy atom. The van der Waals surface area contributed by atoms with Gasteiger partial charge in [-0.3, -0.25) is 0 Å². The molecule has 2 nitrogen and oxygen atoms in total. The first-order valence-electron chi connectivity index (χ1n) is 9.46. The summed E-state index contributed by atoms with van der Waals surface area (Å²) < 4.78 is 10.7. The van der Waals surface area contributed by atoms with Crippen molar-refractivity contribution in [3.05, 3.63) is 35.9 Å². The van der Waals surface area contributed by atoms with Crippen LogP contribution < -0.4 is 0 Å². The highest BCUT2D eigenvalue weighted by molar-refractivity contribution is 6.44. The minimum atomic E-state index is -1.30. The molecule has 0 saturated carbocycles. The summed E-state index contributed by atoms with van der Waals surface area (Å²) in [6.07, 6.45) is 15.0. The topological polar surface area (TPSA) is 18.5 Å². The van der Waals surface area contributed by atoms with Crippen LogP contribution in [-0.2, 0) is 15.3 Å². The van der Waals surface area contributed by atoms with Gasteiger partial charge in [0.25, 0.3) is 0 Å². The van der Waals surface area contributed by atoms with Crippen LogP contribution in [0.4, 0.5) is 0 Å².